The predicted octanol–water partition coefficient (Wildman–Crippen LogP) is 4.59. The molecule has 0 N–H and O–H groups in total. The van der Waals surface area contributed by atoms with Crippen molar-refractivity contribution >= 4 is 30.1 Å². The van der Waals surface area contributed by atoms with E-state index in [2.05, 4.69) is 6.07 Å². The van der Waals surface area contributed by atoms with Crippen LogP contribution in [0, 0.1) is 6.92 Å². The SMILES string of the molecule is CC.CC(=O)OCc1c(B2OC(C)(C)C(C)(C)O2)cccc1N1CCc2cc(C)ccc2C1=O. The molecule has 0 atom stereocenters. The number of esters is 1. The number of ether oxygens (including phenoxy) is 1. The van der Waals surface area contributed by atoms with Crippen molar-refractivity contribution in [2.45, 2.75) is 79.6 Å². The number of hydrogen-bond donors (Lipinski definition) is 0. The van der Waals surface area contributed by atoms with Gasteiger partial charge in [0.25, 0.3) is 5.91 Å². The van der Waals surface area contributed by atoms with Gasteiger partial charge in [0.15, 0.2) is 0 Å². The summed E-state index contributed by atoms with van der Waals surface area (Å²) in [4.78, 5) is 26.8. The zero-order chi connectivity index (χ0) is 25.3. The quantitative estimate of drug-likeness (QED) is 0.488. The Bertz CT molecular complexity index is 1060. The van der Waals surface area contributed by atoms with Crippen LogP contribution >= 0.6 is 0 Å². The molecular formula is C27H36BNO5. The van der Waals surface area contributed by atoms with Crippen LogP contribution in [0.4, 0.5) is 5.69 Å². The van der Waals surface area contributed by atoms with Gasteiger partial charge in [-0.15, -0.1) is 0 Å². The van der Waals surface area contributed by atoms with Crippen molar-refractivity contribution in [3.05, 3.63) is 58.7 Å². The van der Waals surface area contributed by atoms with Gasteiger partial charge in [-0.2, -0.15) is 0 Å². The summed E-state index contributed by atoms with van der Waals surface area (Å²) in [6.45, 7) is 16.0. The lowest BCUT2D eigenvalue weighted by Gasteiger charge is -2.32. The second-order valence-electron chi connectivity index (χ2n) is 9.58. The fourth-order valence-electron chi connectivity index (χ4n) is 4.21. The molecule has 0 aliphatic carbocycles. The summed E-state index contributed by atoms with van der Waals surface area (Å²) >= 11 is 0. The van der Waals surface area contributed by atoms with Crippen LogP contribution in [0.5, 0.6) is 0 Å². The van der Waals surface area contributed by atoms with Crippen LogP contribution in [0.15, 0.2) is 36.4 Å². The summed E-state index contributed by atoms with van der Waals surface area (Å²) in [5.74, 6) is -0.438. The van der Waals surface area contributed by atoms with Crippen molar-refractivity contribution in [3.8, 4) is 0 Å². The third-order valence-electron chi connectivity index (χ3n) is 6.75. The maximum absolute atomic E-state index is 13.4. The van der Waals surface area contributed by atoms with E-state index in [4.69, 9.17) is 14.0 Å². The number of carbonyl (C=O) groups is 2. The number of amides is 1. The minimum Gasteiger partial charge on any atom is -0.461 e. The first-order valence-electron chi connectivity index (χ1n) is 12.0. The molecular weight excluding hydrogens is 429 g/mol. The molecule has 0 bridgehead atoms. The number of anilines is 1. The maximum Gasteiger partial charge on any atom is 0.495 e. The van der Waals surface area contributed by atoms with Gasteiger partial charge in [0, 0.05) is 24.6 Å². The highest BCUT2D eigenvalue weighted by Gasteiger charge is 2.52. The Labute approximate surface area is 203 Å². The number of hydrogen-bond acceptors (Lipinski definition) is 5. The number of benzene rings is 2. The van der Waals surface area contributed by atoms with Gasteiger partial charge < -0.3 is 18.9 Å². The Kier molecular flexibility index (Phi) is 7.58. The molecule has 7 heteroatoms. The Morgan fingerprint density at radius 1 is 1.09 bits per heavy atom. The molecule has 2 aliphatic rings. The van der Waals surface area contributed by atoms with Gasteiger partial charge in [-0.05, 0) is 64.2 Å². The molecule has 0 unspecified atom stereocenters. The molecule has 0 spiro atoms. The Balaban J connectivity index is 0.00000158. The number of rotatable bonds is 4. The molecule has 4 rings (SSSR count). The van der Waals surface area contributed by atoms with E-state index in [-0.39, 0.29) is 18.5 Å². The van der Waals surface area contributed by atoms with Crippen LogP contribution in [0.2, 0.25) is 0 Å². The molecule has 0 saturated carbocycles. The van der Waals surface area contributed by atoms with E-state index in [1.165, 1.54) is 6.92 Å². The fourth-order valence-corrected chi connectivity index (χ4v) is 4.21. The second kappa shape index (κ2) is 9.92. The van der Waals surface area contributed by atoms with Crippen molar-refractivity contribution in [1.82, 2.24) is 0 Å². The molecule has 2 heterocycles. The van der Waals surface area contributed by atoms with E-state index >= 15 is 0 Å². The molecule has 2 aromatic rings. The molecule has 1 fully saturated rings. The lowest BCUT2D eigenvalue weighted by atomic mass is 9.75. The summed E-state index contributed by atoms with van der Waals surface area (Å²) in [5.41, 5.74) is 4.11. The van der Waals surface area contributed by atoms with Gasteiger partial charge in [0.2, 0.25) is 0 Å². The van der Waals surface area contributed by atoms with Crippen molar-refractivity contribution in [1.29, 1.82) is 0 Å². The van der Waals surface area contributed by atoms with Crippen LogP contribution < -0.4 is 10.4 Å². The first-order valence-corrected chi connectivity index (χ1v) is 12.0. The van der Waals surface area contributed by atoms with Crippen LogP contribution in [0.25, 0.3) is 0 Å². The van der Waals surface area contributed by atoms with E-state index in [1.807, 2.05) is 78.8 Å². The predicted molar refractivity (Wildman–Crippen MR) is 136 cm³/mol. The molecule has 1 saturated heterocycles. The fraction of sp³-hybridized carbons (Fsp3) is 0.481. The Morgan fingerprint density at radius 2 is 1.74 bits per heavy atom. The second-order valence-corrected chi connectivity index (χ2v) is 9.58. The number of fused-ring (bicyclic) bond motifs is 1. The molecule has 34 heavy (non-hydrogen) atoms. The minimum atomic E-state index is -0.625. The van der Waals surface area contributed by atoms with E-state index < -0.39 is 18.3 Å². The number of aryl methyl sites for hydroxylation is 1. The standard InChI is InChI=1S/C25H30BNO5.C2H6/c1-16-10-11-19-18(14-16)12-13-27(23(19)29)22-9-7-8-21(20(22)15-30-17(2)28)26-31-24(3,4)25(5,6)32-26;1-2/h7-11,14H,12-13,15H2,1-6H3;1-2H3. The summed E-state index contributed by atoms with van der Waals surface area (Å²) in [5, 5.41) is 0. The van der Waals surface area contributed by atoms with E-state index in [0.29, 0.717) is 12.1 Å². The Hall–Kier alpha value is -2.64. The topological polar surface area (TPSA) is 65.1 Å². The van der Waals surface area contributed by atoms with E-state index in [1.54, 1.807) is 4.90 Å². The molecule has 182 valence electrons. The van der Waals surface area contributed by atoms with Gasteiger partial charge in [-0.1, -0.05) is 43.7 Å². The average Bonchev–Trinajstić information content (AvgIpc) is 3.00. The summed E-state index contributed by atoms with van der Waals surface area (Å²) in [6, 6.07) is 11.6. The number of carbonyl (C=O) groups excluding carboxylic acids is 2. The van der Waals surface area contributed by atoms with Crippen LogP contribution in [0.1, 0.15) is 75.5 Å². The van der Waals surface area contributed by atoms with Crippen LogP contribution in [-0.2, 0) is 31.9 Å². The third kappa shape index (κ3) is 4.91. The van der Waals surface area contributed by atoms with Crippen molar-refractivity contribution in [2.75, 3.05) is 11.4 Å². The normalized spacial score (nSPS) is 18.2. The highest BCUT2D eigenvalue weighted by atomic mass is 16.7. The summed E-state index contributed by atoms with van der Waals surface area (Å²) in [6.07, 6.45) is 0.760. The van der Waals surface area contributed by atoms with E-state index in [0.717, 1.165) is 34.3 Å². The lowest BCUT2D eigenvalue weighted by molar-refractivity contribution is -0.142. The van der Waals surface area contributed by atoms with Gasteiger partial charge in [-0.3, -0.25) is 9.59 Å². The Morgan fingerprint density at radius 3 is 2.35 bits per heavy atom. The lowest BCUT2D eigenvalue weighted by Crippen LogP contribution is -2.42. The molecule has 2 aromatic carbocycles. The molecule has 0 radical (unpaired) electrons. The van der Waals surface area contributed by atoms with Crippen molar-refractivity contribution < 1.29 is 23.6 Å². The van der Waals surface area contributed by atoms with Crippen molar-refractivity contribution in [3.63, 3.8) is 0 Å². The number of nitrogens with zero attached hydrogens (tertiary/aromatic N) is 1. The third-order valence-corrected chi connectivity index (χ3v) is 6.75. The highest BCUT2D eigenvalue weighted by molar-refractivity contribution is 6.62. The molecule has 6 nitrogen and oxygen atoms in total. The smallest absolute Gasteiger partial charge is 0.461 e. The van der Waals surface area contributed by atoms with Crippen LogP contribution in [-0.4, -0.2) is 36.7 Å². The zero-order valence-electron chi connectivity index (χ0n) is 21.7. The largest absolute Gasteiger partial charge is 0.495 e. The average molecular weight is 465 g/mol. The maximum atomic E-state index is 13.4. The van der Waals surface area contributed by atoms with Gasteiger partial charge in [0.05, 0.1) is 16.9 Å². The van der Waals surface area contributed by atoms with Gasteiger partial charge >= 0.3 is 13.1 Å². The van der Waals surface area contributed by atoms with E-state index in [9.17, 15) is 9.59 Å². The zero-order valence-corrected chi connectivity index (χ0v) is 21.7. The summed E-state index contributed by atoms with van der Waals surface area (Å²) < 4.78 is 17.9. The van der Waals surface area contributed by atoms with Gasteiger partial charge in [0.1, 0.15) is 6.61 Å². The highest BCUT2D eigenvalue weighted by Crippen LogP contribution is 2.37. The van der Waals surface area contributed by atoms with Gasteiger partial charge in [-0.25, -0.2) is 0 Å². The minimum absolute atomic E-state index is 0.0372. The first kappa shape index (κ1) is 26.0. The van der Waals surface area contributed by atoms with Crippen molar-refractivity contribution in [2.24, 2.45) is 0 Å². The monoisotopic (exact) mass is 465 g/mol. The summed E-state index contributed by atoms with van der Waals surface area (Å²) in [7, 11) is -0.625. The van der Waals surface area contributed by atoms with Crippen LogP contribution in [0.3, 0.4) is 0 Å². The molecule has 1 amide bonds. The first-order chi connectivity index (χ1) is 16.0. The molecule has 0 aromatic heterocycles. The molecule has 2 aliphatic heterocycles.